The Morgan fingerprint density at radius 3 is 2.50 bits per heavy atom. The van der Waals surface area contributed by atoms with Gasteiger partial charge in [-0.05, 0) is 67.4 Å². The zero-order chi connectivity index (χ0) is 25.2. The molecule has 3 aromatic rings. The number of nitrogens with one attached hydrogen (secondary N) is 1. The van der Waals surface area contributed by atoms with Gasteiger partial charge in [-0.15, -0.1) is 0 Å². The molecule has 1 amide bonds. The maximum atomic E-state index is 14.4. The Balaban J connectivity index is 1.63. The van der Waals surface area contributed by atoms with E-state index in [-0.39, 0.29) is 17.5 Å². The number of ether oxygens (including phenoxy) is 1. The molecule has 3 aromatic carbocycles. The average molecular weight is 479 g/mol. The summed E-state index contributed by atoms with van der Waals surface area (Å²) in [5, 5.41) is 3.03. The fourth-order valence-electron chi connectivity index (χ4n) is 6.39. The minimum atomic E-state index is -1.26. The maximum absolute atomic E-state index is 14.4. The van der Waals surface area contributed by atoms with Crippen molar-refractivity contribution in [1.82, 2.24) is 0 Å². The zero-order valence-electron chi connectivity index (χ0n) is 20.3. The van der Waals surface area contributed by atoms with Crippen LogP contribution in [0.3, 0.4) is 0 Å². The van der Waals surface area contributed by atoms with Gasteiger partial charge in [0, 0.05) is 16.9 Å². The van der Waals surface area contributed by atoms with E-state index in [0.717, 1.165) is 22.4 Å². The second-order valence-corrected chi connectivity index (χ2v) is 9.77. The third kappa shape index (κ3) is 2.87. The third-order valence-corrected chi connectivity index (χ3v) is 7.86. The van der Waals surface area contributed by atoms with Crippen molar-refractivity contribution >= 4 is 34.9 Å². The van der Waals surface area contributed by atoms with Gasteiger partial charge < -0.3 is 15.0 Å². The van der Waals surface area contributed by atoms with Crippen LogP contribution in [0.15, 0.2) is 72.8 Å². The van der Waals surface area contributed by atoms with E-state index in [1.54, 1.807) is 31.4 Å². The van der Waals surface area contributed by atoms with Crippen molar-refractivity contribution in [3.8, 4) is 5.75 Å². The molecule has 180 valence electrons. The summed E-state index contributed by atoms with van der Waals surface area (Å²) in [5.74, 6) is -0.934. The summed E-state index contributed by atoms with van der Waals surface area (Å²) in [6, 6.07) is 19.1. The molecular formula is C30H26N2O4. The van der Waals surface area contributed by atoms with Crippen molar-refractivity contribution in [2.45, 2.75) is 31.3 Å². The number of benzene rings is 3. The number of aryl methyl sites for hydroxylation is 1. The van der Waals surface area contributed by atoms with Gasteiger partial charge in [0.1, 0.15) is 11.2 Å². The van der Waals surface area contributed by atoms with E-state index in [1.807, 2.05) is 60.4 Å². The normalized spacial score (nSPS) is 25.2. The molecule has 1 spiro atoms. The van der Waals surface area contributed by atoms with Crippen LogP contribution in [-0.4, -0.2) is 36.7 Å². The van der Waals surface area contributed by atoms with E-state index < -0.39 is 23.4 Å². The van der Waals surface area contributed by atoms with Crippen molar-refractivity contribution in [3.63, 3.8) is 0 Å². The molecular weight excluding hydrogens is 452 g/mol. The summed E-state index contributed by atoms with van der Waals surface area (Å²) in [4.78, 5) is 43.8. The first kappa shape index (κ1) is 22.3. The summed E-state index contributed by atoms with van der Waals surface area (Å²) < 4.78 is 5.27. The van der Waals surface area contributed by atoms with Crippen molar-refractivity contribution in [2.75, 3.05) is 17.3 Å². The van der Waals surface area contributed by atoms with Gasteiger partial charge in [0.2, 0.25) is 5.91 Å². The molecule has 0 aromatic heterocycles. The van der Waals surface area contributed by atoms with Crippen molar-refractivity contribution < 1.29 is 19.1 Å². The van der Waals surface area contributed by atoms with E-state index in [2.05, 4.69) is 11.4 Å². The summed E-state index contributed by atoms with van der Waals surface area (Å²) in [6.45, 7) is 3.53. The zero-order valence-corrected chi connectivity index (χ0v) is 20.3. The highest BCUT2D eigenvalue weighted by atomic mass is 16.5. The van der Waals surface area contributed by atoms with E-state index in [4.69, 9.17) is 4.74 Å². The first-order valence-electron chi connectivity index (χ1n) is 12.0. The number of nitrogens with zero attached hydrogens (tertiary/aromatic N) is 1. The van der Waals surface area contributed by atoms with Gasteiger partial charge >= 0.3 is 0 Å². The van der Waals surface area contributed by atoms with Crippen LogP contribution in [0.5, 0.6) is 5.75 Å². The van der Waals surface area contributed by atoms with Crippen LogP contribution in [0.25, 0.3) is 6.08 Å². The highest BCUT2D eigenvalue weighted by molar-refractivity contribution is 6.16. The van der Waals surface area contributed by atoms with Gasteiger partial charge in [-0.1, -0.05) is 42.0 Å². The van der Waals surface area contributed by atoms with Crippen LogP contribution >= 0.6 is 0 Å². The number of hydrogen-bond donors (Lipinski definition) is 1. The number of Topliss-reactive ketones (excluding diaryl/α,β-unsaturated/α-hetero) is 2. The van der Waals surface area contributed by atoms with Crippen LogP contribution in [-0.2, 0) is 15.0 Å². The molecule has 36 heavy (non-hydrogen) atoms. The lowest BCUT2D eigenvalue weighted by molar-refractivity contribution is -0.122. The van der Waals surface area contributed by atoms with Crippen LogP contribution in [0.4, 0.5) is 11.4 Å². The first-order chi connectivity index (χ1) is 17.4. The number of methoxy groups -OCH3 is 1. The molecule has 3 aliphatic heterocycles. The number of anilines is 2. The average Bonchev–Trinajstić information content (AvgIpc) is 3.36. The van der Waals surface area contributed by atoms with Crippen molar-refractivity contribution in [1.29, 1.82) is 0 Å². The molecule has 0 unspecified atom stereocenters. The lowest BCUT2D eigenvalue weighted by Gasteiger charge is -2.37. The Morgan fingerprint density at radius 1 is 1.03 bits per heavy atom. The Labute approximate surface area is 209 Å². The highest BCUT2D eigenvalue weighted by Gasteiger charge is 2.69. The molecule has 0 saturated carbocycles. The monoisotopic (exact) mass is 478 g/mol. The number of carbonyl (C=O) groups is 3. The molecule has 1 N–H and O–H groups in total. The Hall–Kier alpha value is -4.19. The van der Waals surface area contributed by atoms with Gasteiger partial charge in [-0.25, -0.2) is 0 Å². The van der Waals surface area contributed by atoms with E-state index in [0.29, 0.717) is 17.0 Å². The van der Waals surface area contributed by atoms with Crippen LogP contribution < -0.4 is 15.0 Å². The van der Waals surface area contributed by atoms with Gasteiger partial charge in [0.25, 0.3) is 0 Å². The van der Waals surface area contributed by atoms with Gasteiger partial charge in [0.15, 0.2) is 11.6 Å². The molecule has 6 rings (SSSR count). The van der Waals surface area contributed by atoms with E-state index >= 15 is 0 Å². The van der Waals surface area contributed by atoms with Crippen LogP contribution in [0, 0.1) is 12.8 Å². The molecule has 6 heteroatoms. The standard InChI is InChI=1S/C30H26N2O4/c1-17-8-14-24-20(16-17)11-15-25-30(22-6-4-5-7-23(22)31-29(30)35)26(27(18(2)33)32(24)25)28(34)19-9-12-21(36-3)13-10-19/h4-16,25-27H,1-3H3,(H,31,35)/t25-,26+,27-,30-/m1/s1. The van der Waals surface area contributed by atoms with E-state index in [1.165, 1.54) is 6.92 Å². The molecule has 0 bridgehead atoms. The summed E-state index contributed by atoms with van der Waals surface area (Å²) >= 11 is 0. The van der Waals surface area contributed by atoms with Crippen molar-refractivity contribution in [2.24, 2.45) is 5.92 Å². The number of para-hydroxylation sites is 1. The molecule has 3 heterocycles. The largest absolute Gasteiger partial charge is 0.497 e. The molecule has 0 aliphatic carbocycles. The smallest absolute Gasteiger partial charge is 0.238 e. The summed E-state index contributed by atoms with van der Waals surface area (Å²) in [7, 11) is 1.57. The molecule has 1 fully saturated rings. The fourth-order valence-corrected chi connectivity index (χ4v) is 6.39. The molecule has 3 aliphatic rings. The van der Waals surface area contributed by atoms with Crippen LogP contribution in [0.1, 0.15) is 34.0 Å². The number of amides is 1. The van der Waals surface area contributed by atoms with Gasteiger partial charge in [-0.2, -0.15) is 0 Å². The molecule has 6 nitrogen and oxygen atoms in total. The fraction of sp³-hybridized carbons (Fsp3) is 0.233. The highest BCUT2D eigenvalue weighted by Crippen LogP contribution is 2.57. The Kier molecular flexibility index (Phi) is 4.90. The topological polar surface area (TPSA) is 75.7 Å². The Morgan fingerprint density at radius 2 is 1.78 bits per heavy atom. The number of rotatable bonds is 4. The lowest BCUT2D eigenvalue weighted by Crippen LogP contribution is -2.51. The maximum Gasteiger partial charge on any atom is 0.238 e. The second kappa shape index (κ2) is 7.92. The van der Waals surface area contributed by atoms with Crippen molar-refractivity contribution in [3.05, 3.63) is 95.1 Å². The molecule has 4 atom stereocenters. The second-order valence-electron chi connectivity index (χ2n) is 9.77. The summed E-state index contributed by atoms with van der Waals surface area (Å²) in [6.07, 6.45) is 4.00. The predicted octanol–water partition coefficient (Wildman–Crippen LogP) is 4.57. The van der Waals surface area contributed by atoms with E-state index in [9.17, 15) is 14.4 Å². The number of hydrogen-bond acceptors (Lipinski definition) is 5. The van der Waals surface area contributed by atoms with Gasteiger partial charge in [-0.3, -0.25) is 14.4 Å². The molecule has 0 radical (unpaired) electrons. The molecule has 1 saturated heterocycles. The SMILES string of the molecule is COc1ccc(C(=O)[C@@H]2[C@@H](C(C)=O)N3c4ccc(C)cc4C=C[C@@H]3[C@@]23C(=O)Nc2ccccc23)cc1. The minimum Gasteiger partial charge on any atom is -0.497 e. The number of ketones is 2. The predicted molar refractivity (Wildman–Crippen MR) is 139 cm³/mol. The van der Waals surface area contributed by atoms with Gasteiger partial charge in [0.05, 0.1) is 25.1 Å². The first-order valence-corrected chi connectivity index (χ1v) is 12.0. The van der Waals surface area contributed by atoms with Crippen LogP contribution in [0.2, 0.25) is 0 Å². The quantitative estimate of drug-likeness (QED) is 0.556. The number of carbonyl (C=O) groups excluding carboxylic acids is 3. The lowest BCUT2D eigenvalue weighted by atomic mass is 9.64. The minimum absolute atomic E-state index is 0.150. The summed E-state index contributed by atoms with van der Waals surface area (Å²) in [5.41, 5.74) is 3.54. The Bertz CT molecular complexity index is 1460. The third-order valence-electron chi connectivity index (χ3n) is 7.86. The number of fused-ring (bicyclic) bond motifs is 6.